The molecule has 0 spiro atoms. The zero-order chi connectivity index (χ0) is 20.4. The van der Waals surface area contributed by atoms with Crippen LogP contribution in [0.2, 0.25) is 0 Å². The molecule has 152 valence electrons. The number of benzene rings is 2. The summed E-state index contributed by atoms with van der Waals surface area (Å²) in [7, 11) is 0. The predicted octanol–water partition coefficient (Wildman–Crippen LogP) is 4.31. The monoisotopic (exact) mass is 404 g/mol. The van der Waals surface area contributed by atoms with E-state index in [2.05, 4.69) is 10.3 Å². The van der Waals surface area contributed by atoms with E-state index in [-0.39, 0.29) is 24.6 Å². The maximum atomic E-state index is 14.3. The first-order valence-electron chi connectivity index (χ1n) is 9.28. The largest absolute Gasteiger partial charge is 0.449 e. The molecule has 0 bridgehead atoms. The molecule has 0 saturated carbocycles. The number of alkyl carbamates (subject to hydrolysis) is 1. The van der Waals surface area contributed by atoms with Crippen molar-refractivity contribution in [2.24, 2.45) is 0 Å². The average molecular weight is 404 g/mol. The lowest BCUT2D eigenvalue weighted by Gasteiger charge is -2.11. The number of carbonyl (C=O) groups is 1. The van der Waals surface area contributed by atoms with Crippen molar-refractivity contribution in [1.82, 2.24) is 10.3 Å². The van der Waals surface area contributed by atoms with Crippen LogP contribution in [-0.2, 0) is 15.9 Å². The average Bonchev–Trinajstić information content (AvgIpc) is 3.31. The minimum atomic E-state index is -0.727. The van der Waals surface area contributed by atoms with Crippen LogP contribution in [0.3, 0.4) is 0 Å². The molecule has 0 aliphatic carbocycles. The van der Waals surface area contributed by atoms with E-state index < -0.39 is 23.5 Å². The Kier molecular flexibility index (Phi) is 5.44. The zero-order valence-electron chi connectivity index (χ0n) is 15.4. The van der Waals surface area contributed by atoms with Gasteiger partial charge in [-0.05, 0) is 47.9 Å². The number of amides is 1. The Labute approximate surface area is 164 Å². The second-order valence-electron chi connectivity index (χ2n) is 6.89. The predicted molar refractivity (Wildman–Crippen MR) is 101 cm³/mol. The third-order valence-electron chi connectivity index (χ3n) is 4.90. The van der Waals surface area contributed by atoms with E-state index in [1.54, 1.807) is 12.1 Å². The van der Waals surface area contributed by atoms with E-state index in [4.69, 9.17) is 9.47 Å². The van der Waals surface area contributed by atoms with Gasteiger partial charge in [0.05, 0.1) is 24.8 Å². The topological polar surface area (TPSA) is 63.4 Å². The quantitative estimate of drug-likeness (QED) is 0.666. The summed E-state index contributed by atoms with van der Waals surface area (Å²) in [5.41, 5.74) is 1.87. The second-order valence-corrected chi connectivity index (χ2v) is 6.89. The number of halogens is 3. The zero-order valence-corrected chi connectivity index (χ0v) is 15.4. The molecule has 1 amide bonds. The maximum Gasteiger partial charge on any atom is 0.407 e. The van der Waals surface area contributed by atoms with E-state index in [0.29, 0.717) is 35.4 Å². The fourth-order valence-electron chi connectivity index (χ4n) is 3.50. The lowest BCUT2D eigenvalue weighted by molar-refractivity contribution is 0.139. The van der Waals surface area contributed by atoms with Crippen molar-refractivity contribution in [3.8, 4) is 11.3 Å². The van der Waals surface area contributed by atoms with Crippen molar-refractivity contribution in [2.75, 3.05) is 19.8 Å². The van der Waals surface area contributed by atoms with Gasteiger partial charge in [0, 0.05) is 30.2 Å². The van der Waals surface area contributed by atoms with Gasteiger partial charge < -0.3 is 19.8 Å². The van der Waals surface area contributed by atoms with Crippen molar-refractivity contribution in [3.63, 3.8) is 0 Å². The first-order chi connectivity index (χ1) is 14.0. The summed E-state index contributed by atoms with van der Waals surface area (Å²) in [4.78, 5) is 14.9. The highest BCUT2D eigenvalue weighted by atomic mass is 19.1. The van der Waals surface area contributed by atoms with Crippen LogP contribution in [0.1, 0.15) is 12.0 Å². The molecule has 1 atom stereocenters. The third kappa shape index (κ3) is 4.22. The van der Waals surface area contributed by atoms with Gasteiger partial charge in [0.15, 0.2) is 0 Å². The van der Waals surface area contributed by atoms with E-state index in [0.717, 1.165) is 12.5 Å². The SMILES string of the molecule is O=C(N[C@H]1CCOC1)OCCc1c(-c2ccc(F)cc2)[nH]c2c(F)cc(F)cc12. The minimum absolute atomic E-state index is 0.0126. The van der Waals surface area contributed by atoms with Gasteiger partial charge >= 0.3 is 6.09 Å². The summed E-state index contributed by atoms with van der Waals surface area (Å²) < 4.78 is 51.8. The fourth-order valence-corrected chi connectivity index (χ4v) is 3.50. The lowest BCUT2D eigenvalue weighted by atomic mass is 10.0. The van der Waals surface area contributed by atoms with Crippen LogP contribution < -0.4 is 5.32 Å². The molecule has 3 aromatic rings. The highest BCUT2D eigenvalue weighted by molar-refractivity contribution is 5.91. The number of fused-ring (bicyclic) bond motifs is 1. The number of H-pyrrole nitrogens is 1. The van der Waals surface area contributed by atoms with E-state index >= 15 is 0 Å². The molecule has 1 fully saturated rings. The summed E-state index contributed by atoms with van der Waals surface area (Å²) in [6, 6.07) is 7.62. The smallest absolute Gasteiger partial charge is 0.407 e. The molecule has 5 nitrogen and oxygen atoms in total. The molecule has 1 aliphatic heterocycles. The summed E-state index contributed by atoms with van der Waals surface area (Å²) in [5, 5.41) is 3.07. The number of ether oxygens (including phenoxy) is 2. The van der Waals surface area contributed by atoms with Gasteiger partial charge in [0.1, 0.15) is 17.5 Å². The van der Waals surface area contributed by atoms with Crippen LogP contribution >= 0.6 is 0 Å². The third-order valence-corrected chi connectivity index (χ3v) is 4.90. The van der Waals surface area contributed by atoms with Crippen molar-refractivity contribution in [3.05, 3.63) is 59.4 Å². The highest BCUT2D eigenvalue weighted by Gasteiger charge is 2.20. The summed E-state index contributed by atoms with van der Waals surface area (Å²) in [5.74, 6) is -1.84. The molecule has 2 heterocycles. The van der Waals surface area contributed by atoms with Crippen LogP contribution in [0.4, 0.5) is 18.0 Å². The number of nitrogens with one attached hydrogen (secondary N) is 2. The summed E-state index contributed by atoms with van der Waals surface area (Å²) in [6.07, 6.45) is 0.385. The Morgan fingerprint density at radius 2 is 1.97 bits per heavy atom. The van der Waals surface area contributed by atoms with Gasteiger partial charge in [-0.2, -0.15) is 0 Å². The Hall–Kier alpha value is -3.00. The number of hydrogen-bond donors (Lipinski definition) is 2. The van der Waals surface area contributed by atoms with Crippen LogP contribution in [0.15, 0.2) is 36.4 Å². The molecule has 2 N–H and O–H groups in total. The second kappa shape index (κ2) is 8.16. The van der Waals surface area contributed by atoms with Gasteiger partial charge in [0.25, 0.3) is 0 Å². The molecule has 1 aromatic heterocycles. The maximum absolute atomic E-state index is 14.3. The Balaban J connectivity index is 1.58. The fraction of sp³-hybridized carbons (Fsp3) is 0.286. The minimum Gasteiger partial charge on any atom is -0.449 e. The molecule has 8 heteroatoms. The molecular formula is C21H19F3N2O3. The Bertz CT molecular complexity index is 1030. The van der Waals surface area contributed by atoms with Crippen molar-refractivity contribution in [1.29, 1.82) is 0 Å². The molecule has 0 radical (unpaired) electrons. The first kappa shape index (κ1) is 19.3. The van der Waals surface area contributed by atoms with Crippen molar-refractivity contribution in [2.45, 2.75) is 18.9 Å². The molecule has 0 unspecified atom stereocenters. The number of aromatic nitrogens is 1. The highest BCUT2D eigenvalue weighted by Crippen LogP contribution is 2.33. The van der Waals surface area contributed by atoms with Gasteiger partial charge in [-0.15, -0.1) is 0 Å². The van der Waals surface area contributed by atoms with Crippen LogP contribution in [-0.4, -0.2) is 36.9 Å². The van der Waals surface area contributed by atoms with Crippen LogP contribution in [0.25, 0.3) is 22.2 Å². The van der Waals surface area contributed by atoms with Gasteiger partial charge in [0.2, 0.25) is 0 Å². The van der Waals surface area contributed by atoms with Crippen LogP contribution in [0.5, 0.6) is 0 Å². The molecule has 1 saturated heterocycles. The summed E-state index contributed by atoms with van der Waals surface area (Å²) in [6.45, 7) is 1.06. The lowest BCUT2D eigenvalue weighted by Crippen LogP contribution is -2.35. The normalized spacial score (nSPS) is 16.3. The van der Waals surface area contributed by atoms with E-state index in [1.165, 1.54) is 18.2 Å². The van der Waals surface area contributed by atoms with Crippen LogP contribution in [0, 0.1) is 17.5 Å². The molecular weight excluding hydrogens is 385 g/mol. The molecule has 2 aromatic carbocycles. The standard InChI is InChI=1S/C21H19F3N2O3/c22-13-3-1-12(2-4-13)19-16(17-9-14(23)10-18(24)20(17)26-19)6-8-29-21(27)25-15-5-7-28-11-15/h1-4,9-10,15,26H,5-8,11H2,(H,25,27)/t15-/m0/s1. The number of aromatic amines is 1. The first-order valence-corrected chi connectivity index (χ1v) is 9.28. The van der Waals surface area contributed by atoms with Gasteiger partial charge in [-0.25, -0.2) is 18.0 Å². The summed E-state index contributed by atoms with van der Waals surface area (Å²) >= 11 is 0. The van der Waals surface area contributed by atoms with Gasteiger partial charge in [-0.3, -0.25) is 0 Å². The number of carbonyl (C=O) groups excluding carboxylic acids is 1. The Morgan fingerprint density at radius 1 is 1.17 bits per heavy atom. The Morgan fingerprint density at radius 3 is 2.69 bits per heavy atom. The van der Waals surface area contributed by atoms with Crippen molar-refractivity contribution < 1.29 is 27.4 Å². The van der Waals surface area contributed by atoms with Gasteiger partial charge in [-0.1, -0.05) is 0 Å². The molecule has 4 rings (SSSR count). The number of hydrogen-bond acceptors (Lipinski definition) is 3. The van der Waals surface area contributed by atoms with Crippen molar-refractivity contribution >= 4 is 17.0 Å². The van der Waals surface area contributed by atoms with E-state index in [1.807, 2.05) is 0 Å². The molecule has 1 aliphatic rings. The number of rotatable bonds is 5. The van der Waals surface area contributed by atoms with E-state index in [9.17, 15) is 18.0 Å². The molecule has 29 heavy (non-hydrogen) atoms.